The maximum atomic E-state index is 12.4. The Hall–Kier alpha value is -3.03. The molecule has 0 spiro atoms. The number of anilines is 1. The van der Waals surface area contributed by atoms with Gasteiger partial charge in [0.25, 0.3) is 11.2 Å². The third-order valence-electron chi connectivity index (χ3n) is 4.09. The van der Waals surface area contributed by atoms with Crippen molar-refractivity contribution in [2.75, 3.05) is 5.32 Å². The average Bonchev–Trinajstić information content (AvgIpc) is 3.00. The number of hydrogen-bond acceptors (Lipinski definition) is 5. The molecule has 1 unspecified atom stereocenters. The lowest BCUT2D eigenvalue weighted by atomic mass is 10.2. The van der Waals surface area contributed by atoms with Crippen molar-refractivity contribution in [3.8, 4) is 0 Å². The van der Waals surface area contributed by atoms with E-state index in [1.807, 2.05) is 0 Å². The minimum atomic E-state index is -0.872. The highest BCUT2D eigenvalue weighted by atomic mass is 16.6. The summed E-state index contributed by atoms with van der Waals surface area (Å²) < 4.78 is 1.13. The van der Waals surface area contributed by atoms with Crippen molar-refractivity contribution >= 4 is 17.3 Å². The second-order valence-corrected chi connectivity index (χ2v) is 5.69. The predicted molar refractivity (Wildman–Crippen MR) is 87.0 cm³/mol. The Morgan fingerprint density at radius 3 is 2.88 bits per heavy atom. The van der Waals surface area contributed by atoms with Crippen LogP contribution in [-0.2, 0) is 17.6 Å². The van der Waals surface area contributed by atoms with Gasteiger partial charge < -0.3 is 5.32 Å². The molecule has 1 aliphatic carbocycles. The first-order valence-electron chi connectivity index (χ1n) is 7.63. The number of carbonyl (C=O) groups excluding carboxylic acids is 1. The van der Waals surface area contributed by atoms with Crippen LogP contribution in [-0.4, -0.2) is 20.6 Å². The number of hydrogen-bond donors (Lipinski definition) is 1. The van der Waals surface area contributed by atoms with Gasteiger partial charge in [-0.1, -0.05) is 12.1 Å². The number of nitro benzene ring substituents is 1. The van der Waals surface area contributed by atoms with Gasteiger partial charge >= 0.3 is 0 Å². The molecule has 124 valence electrons. The lowest BCUT2D eigenvalue weighted by molar-refractivity contribution is -0.383. The largest absolute Gasteiger partial charge is 0.319 e. The van der Waals surface area contributed by atoms with E-state index in [0.717, 1.165) is 35.2 Å². The van der Waals surface area contributed by atoms with Gasteiger partial charge in [0.2, 0.25) is 5.91 Å². The third-order valence-corrected chi connectivity index (χ3v) is 4.09. The van der Waals surface area contributed by atoms with Crippen LogP contribution in [0.2, 0.25) is 0 Å². The molecular weight excluding hydrogens is 312 g/mol. The molecule has 0 fully saturated rings. The van der Waals surface area contributed by atoms with Gasteiger partial charge in [0.1, 0.15) is 11.7 Å². The van der Waals surface area contributed by atoms with Crippen LogP contribution in [0.4, 0.5) is 11.4 Å². The summed E-state index contributed by atoms with van der Waals surface area (Å²) in [7, 11) is 0. The van der Waals surface area contributed by atoms with Crippen molar-refractivity contribution in [2.24, 2.45) is 0 Å². The molecule has 1 aromatic heterocycles. The first-order valence-corrected chi connectivity index (χ1v) is 7.63. The Morgan fingerprint density at radius 2 is 2.12 bits per heavy atom. The van der Waals surface area contributed by atoms with Gasteiger partial charge in [-0.3, -0.25) is 19.7 Å². The zero-order valence-corrected chi connectivity index (χ0v) is 13.1. The summed E-state index contributed by atoms with van der Waals surface area (Å²) in [6.45, 7) is 1.54. The van der Waals surface area contributed by atoms with E-state index in [2.05, 4.69) is 10.4 Å². The lowest BCUT2D eigenvalue weighted by Gasteiger charge is -2.15. The zero-order valence-electron chi connectivity index (χ0n) is 13.1. The van der Waals surface area contributed by atoms with E-state index in [4.69, 9.17) is 0 Å². The normalized spacial score (nSPS) is 14.0. The molecule has 2 aromatic rings. The maximum Gasteiger partial charge on any atom is 0.292 e. The molecule has 8 heteroatoms. The highest BCUT2D eigenvalue weighted by Gasteiger charge is 2.23. The van der Waals surface area contributed by atoms with Gasteiger partial charge in [0.05, 0.1) is 10.6 Å². The van der Waals surface area contributed by atoms with E-state index >= 15 is 0 Å². The van der Waals surface area contributed by atoms with Crippen LogP contribution >= 0.6 is 0 Å². The van der Waals surface area contributed by atoms with Gasteiger partial charge in [0.15, 0.2) is 0 Å². The van der Waals surface area contributed by atoms with Crippen molar-refractivity contribution in [3.05, 3.63) is 62.1 Å². The molecule has 1 amide bonds. The Kier molecular flexibility index (Phi) is 4.11. The van der Waals surface area contributed by atoms with E-state index in [9.17, 15) is 19.7 Å². The summed E-state index contributed by atoms with van der Waals surface area (Å²) in [6.07, 6.45) is 2.56. The summed E-state index contributed by atoms with van der Waals surface area (Å²) in [6, 6.07) is 6.51. The molecule has 24 heavy (non-hydrogen) atoms. The molecular formula is C16H16N4O4. The van der Waals surface area contributed by atoms with Crippen LogP contribution in [0.1, 0.15) is 30.6 Å². The number of nitrogens with one attached hydrogen (secondary N) is 1. The smallest absolute Gasteiger partial charge is 0.292 e. The van der Waals surface area contributed by atoms with Crippen LogP contribution in [0, 0.1) is 10.1 Å². The number of aromatic nitrogens is 2. The van der Waals surface area contributed by atoms with Crippen LogP contribution < -0.4 is 10.9 Å². The number of para-hydroxylation sites is 2. The summed E-state index contributed by atoms with van der Waals surface area (Å²) >= 11 is 0. The molecule has 3 rings (SSSR count). The van der Waals surface area contributed by atoms with E-state index in [-0.39, 0.29) is 16.9 Å². The third kappa shape index (κ3) is 2.90. The lowest BCUT2D eigenvalue weighted by Crippen LogP contribution is -2.34. The molecule has 0 radical (unpaired) electrons. The second-order valence-electron chi connectivity index (χ2n) is 5.69. The average molecular weight is 328 g/mol. The quantitative estimate of drug-likeness (QED) is 0.680. The monoisotopic (exact) mass is 328 g/mol. The second kappa shape index (κ2) is 6.23. The molecule has 0 saturated carbocycles. The van der Waals surface area contributed by atoms with Crippen molar-refractivity contribution < 1.29 is 9.72 Å². The SMILES string of the molecule is CC(C(=O)Nc1ccccc1[N+](=O)[O-])n1nc2c(cc1=O)CCC2. The van der Waals surface area contributed by atoms with E-state index in [1.54, 1.807) is 13.0 Å². The molecule has 1 atom stereocenters. The predicted octanol–water partition coefficient (Wildman–Crippen LogP) is 1.84. The van der Waals surface area contributed by atoms with Crippen LogP contribution in [0.3, 0.4) is 0 Å². The van der Waals surface area contributed by atoms with Crippen LogP contribution in [0.25, 0.3) is 0 Å². The summed E-state index contributed by atoms with van der Waals surface area (Å²) in [4.78, 5) is 35.0. The molecule has 1 heterocycles. The molecule has 0 bridgehead atoms. The summed E-state index contributed by atoms with van der Waals surface area (Å²) in [5.41, 5.74) is 1.31. The number of aryl methyl sites for hydroxylation is 2. The molecule has 1 aromatic carbocycles. The standard InChI is InChI=1S/C16H16N4O4/c1-10(19-15(21)9-11-5-4-7-12(11)18-19)16(22)17-13-6-2-3-8-14(13)20(23)24/h2-3,6,8-10H,4-5,7H2,1H3,(H,17,22). The number of nitrogens with zero attached hydrogens (tertiary/aromatic N) is 3. The number of rotatable bonds is 4. The number of benzene rings is 1. The number of nitro groups is 1. The molecule has 8 nitrogen and oxygen atoms in total. The number of amides is 1. The van der Waals surface area contributed by atoms with Crippen LogP contribution in [0.15, 0.2) is 35.1 Å². The minimum Gasteiger partial charge on any atom is -0.319 e. The Bertz CT molecular complexity index is 875. The van der Waals surface area contributed by atoms with E-state index in [1.165, 1.54) is 24.3 Å². The Labute approximate surface area is 137 Å². The first kappa shape index (κ1) is 15.9. The van der Waals surface area contributed by atoms with Gasteiger partial charge in [0, 0.05) is 12.1 Å². The maximum absolute atomic E-state index is 12.4. The summed E-state index contributed by atoms with van der Waals surface area (Å²) in [5, 5.41) is 17.8. The van der Waals surface area contributed by atoms with Gasteiger partial charge in [-0.2, -0.15) is 5.10 Å². The van der Waals surface area contributed by atoms with Crippen molar-refractivity contribution in [1.82, 2.24) is 9.78 Å². The molecule has 0 saturated heterocycles. The van der Waals surface area contributed by atoms with Crippen molar-refractivity contribution in [3.63, 3.8) is 0 Å². The fourth-order valence-electron chi connectivity index (χ4n) is 2.78. The van der Waals surface area contributed by atoms with Crippen molar-refractivity contribution in [1.29, 1.82) is 0 Å². The fourth-order valence-corrected chi connectivity index (χ4v) is 2.78. The Morgan fingerprint density at radius 1 is 1.38 bits per heavy atom. The fraction of sp³-hybridized carbons (Fsp3) is 0.312. The highest BCUT2D eigenvalue weighted by Crippen LogP contribution is 2.24. The van der Waals surface area contributed by atoms with Gasteiger partial charge in [-0.25, -0.2) is 4.68 Å². The van der Waals surface area contributed by atoms with E-state index in [0.29, 0.717) is 0 Å². The minimum absolute atomic E-state index is 0.0913. The van der Waals surface area contributed by atoms with E-state index < -0.39 is 16.9 Å². The Balaban J connectivity index is 1.86. The number of fused-ring (bicyclic) bond motifs is 1. The zero-order chi connectivity index (χ0) is 17.3. The molecule has 1 N–H and O–H groups in total. The first-order chi connectivity index (χ1) is 11.5. The van der Waals surface area contributed by atoms with Crippen molar-refractivity contribution in [2.45, 2.75) is 32.2 Å². The highest BCUT2D eigenvalue weighted by molar-refractivity contribution is 5.95. The van der Waals surface area contributed by atoms with Gasteiger partial charge in [-0.15, -0.1) is 0 Å². The van der Waals surface area contributed by atoms with Gasteiger partial charge in [-0.05, 0) is 37.8 Å². The molecule has 1 aliphatic rings. The van der Waals surface area contributed by atoms with Crippen LogP contribution in [0.5, 0.6) is 0 Å². The summed E-state index contributed by atoms with van der Waals surface area (Å²) in [5.74, 6) is -0.531. The topological polar surface area (TPSA) is 107 Å². The number of carbonyl (C=O) groups is 1. The molecule has 0 aliphatic heterocycles.